The molecule has 3 N–H and O–H groups in total. The minimum absolute atomic E-state index is 0.0505. The van der Waals surface area contributed by atoms with E-state index < -0.39 is 0 Å². The smallest absolute Gasteiger partial charge is 0.0738 e. The van der Waals surface area contributed by atoms with Crippen LogP contribution >= 0.6 is 31.9 Å². The van der Waals surface area contributed by atoms with Crippen LogP contribution in [0.2, 0.25) is 0 Å². The van der Waals surface area contributed by atoms with Gasteiger partial charge in [0.15, 0.2) is 0 Å². The van der Waals surface area contributed by atoms with Gasteiger partial charge >= 0.3 is 0 Å². The first-order valence-electron chi connectivity index (χ1n) is 6.91. The molecule has 0 aliphatic carbocycles. The summed E-state index contributed by atoms with van der Waals surface area (Å²) < 4.78 is 4.20. The number of nitrogens with zero attached hydrogens (tertiary/aromatic N) is 2. The van der Waals surface area contributed by atoms with Gasteiger partial charge in [-0.05, 0) is 53.9 Å². The Balaban J connectivity index is 2.33. The van der Waals surface area contributed by atoms with Crippen LogP contribution in [0, 0.1) is 13.8 Å². The molecule has 0 fully saturated rings. The number of hydrogen-bond donors (Lipinski definition) is 2. The quantitative estimate of drug-likeness (QED) is 0.576. The molecule has 0 saturated heterocycles. The van der Waals surface area contributed by atoms with Gasteiger partial charge in [0.25, 0.3) is 0 Å². The molecule has 0 saturated carbocycles. The largest absolute Gasteiger partial charge is 0.271 e. The molecule has 1 atom stereocenters. The second kappa shape index (κ2) is 7.05. The normalized spacial score (nSPS) is 12.7. The summed E-state index contributed by atoms with van der Waals surface area (Å²) in [5, 5.41) is 4.54. The van der Waals surface area contributed by atoms with E-state index in [-0.39, 0.29) is 6.04 Å². The highest BCUT2D eigenvalue weighted by Gasteiger charge is 2.18. The average Bonchev–Trinajstić information content (AvgIpc) is 2.75. The number of rotatable bonds is 5. The van der Waals surface area contributed by atoms with Crippen LogP contribution in [-0.2, 0) is 13.0 Å². The van der Waals surface area contributed by atoms with Crippen molar-refractivity contribution in [3.8, 4) is 0 Å². The van der Waals surface area contributed by atoms with E-state index in [1.165, 1.54) is 16.8 Å². The number of nitrogens with one attached hydrogen (secondary N) is 1. The van der Waals surface area contributed by atoms with Crippen LogP contribution in [0.5, 0.6) is 0 Å². The number of hydrogen-bond acceptors (Lipinski definition) is 3. The first-order chi connectivity index (χ1) is 9.97. The van der Waals surface area contributed by atoms with Crippen molar-refractivity contribution in [1.29, 1.82) is 0 Å². The Bertz CT molecular complexity index is 637. The Morgan fingerprint density at radius 3 is 2.62 bits per heavy atom. The van der Waals surface area contributed by atoms with E-state index in [1.807, 2.05) is 11.6 Å². The van der Waals surface area contributed by atoms with Gasteiger partial charge in [0.05, 0.1) is 21.9 Å². The number of halogens is 2. The number of aryl methyl sites for hydroxylation is 3. The van der Waals surface area contributed by atoms with Crippen molar-refractivity contribution in [2.75, 3.05) is 0 Å². The third-order valence-electron chi connectivity index (χ3n) is 3.64. The maximum Gasteiger partial charge on any atom is 0.0738 e. The fourth-order valence-electron chi connectivity index (χ4n) is 2.41. The van der Waals surface area contributed by atoms with Crippen molar-refractivity contribution in [3.05, 3.63) is 49.7 Å². The van der Waals surface area contributed by atoms with Crippen LogP contribution in [-0.4, -0.2) is 9.78 Å². The van der Waals surface area contributed by atoms with E-state index in [0.29, 0.717) is 0 Å². The molecule has 0 bridgehead atoms. The topological polar surface area (TPSA) is 55.9 Å². The van der Waals surface area contributed by atoms with Gasteiger partial charge in [-0.3, -0.25) is 16.0 Å². The third kappa shape index (κ3) is 3.56. The number of benzene rings is 1. The summed E-state index contributed by atoms with van der Waals surface area (Å²) in [5.41, 5.74) is 7.47. The van der Waals surface area contributed by atoms with Gasteiger partial charge in [-0.1, -0.05) is 28.1 Å². The Morgan fingerprint density at radius 1 is 1.33 bits per heavy atom. The molecule has 0 aliphatic rings. The third-order valence-corrected chi connectivity index (χ3v) is 5.56. The minimum atomic E-state index is 0.0505. The second-order valence-corrected chi connectivity index (χ2v) is 6.74. The molecule has 1 unspecified atom stereocenters. The van der Waals surface area contributed by atoms with Crippen LogP contribution in [0.3, 0.4) is 0 Å². The zero-order chi connectivity index (χ0) is 15.6. The average molecular weight is 416 g/mol. The second-order valence-electron chi connectivity index (χ2n) is 5.09. The summed E-state index contributed by atoms with van der Waals surface area (Å²) in [6.45, 7) is 7.03. The number of aromatic nitrogens is 2. The molecule has 1 aromatic heterocycles. The van der Waals surface area contributed by atoms with Gasteiger partial charge in [0.2, 0.25) is 0 Å². The molecule has 1 aromatic carbocycles. The lowest BCUT2D eigenvalue weighted by atomic mass is 10.0. The van der Waals surface area contributed by atoms with Crippen LogP contribution < -0.4 is 11.3 Å². The molecular weight excluding hydrogens is 396 g/mol. The summed E-state index contributed by atoms with van der Waals surface area (Å²) in [6, 6.07) is 6.36. The van der Waals surface area contributed by atoms with E-state index in [2.05, 4.69) is 74.4 Å². The predicted octanol–water partition coefficient (Wildman–Crippen LogP) is 3.79. The zero-order valence-corrected chi connectivity index (χ0v) is 15.6. The van der Waals surface area contributed by atoms with Crippen molar-refractivity contribution in [2.45, 2.75) is 39.8 Å². The van der Waals surface area contributed by atoms with Crippen molar-refractivity contribution < 1.29 is 0 Å². The predicted molar refractivity (Wildman–Crippen MR) is 93.0 cm³/mol. The van der Waals surface area contributed by atoms with Crippen molar-refractivity contribution in [3.63, 3.8) is 0 Å². The SMILES string of the molecule is CCn1nc(C)c(Br)c1CC(NN)c1ccc(Br)c(C)c1. The minimum Gasteiger partial charge on any atom is -0.271 e. The Labute approximate surface area is 142 Å². The highest BCUT2D eigenvalue weighted by molar-refractivity contribution is 9.10. The summed E-state index contributed by atoms with van der Waals surface area (Å²) in [6.07, 6.45) is 0.785. The monoisotopic (exact) mass is 414 g/mol. The molecule has 2 aromatic rings. The lowest BCUT2D eigenvalue weighted by Crippen LogP contribution is -2.30. The summed E-state index contributed by atoms with van der Waals surface area (Å²) in [4.78, 5) is 0. The van der Waals surface area contributed by atoms with Crippen LogP contribution in [0.1, 0.15) is 35.5 Å². The molecule has 114 valence electrons. The molecule has 0 amide bonds. The number of hydrazine groups is 1. The molecular formula is C15H20Br2N4. The van der Waals surface area contributed by atoms with E-state index in [1.54, 1.807) is 0 Å². The maximum absolute atomic E-state index is 5.78. The van der Waals surface area contributed by atoms with Gasteiger partial charge in [-0.2, -0.15) is 5.10 Å². The van der Waals surface area contributed by atoms with Gasteiger partial charge in [-0.15, -0.1) is 0 Å². The Hall–Kier alpha value is -0.690. The van der Waals surface area contributed by atoms with Gasteiger partial charge in [-0.25, -0.2) is 0 Å². The van der Waals surface area contributed by atoms with Crippen LogP contribution in [0.15, 0.2) is 27.1 Å². The summed E-state index contributed by atoms with van der Waals surface area (Å²) >= 11 is 7.17. The lowest BCUT2D eigenvalue weighted by Gasteiger charge is -2.18. The fourth-order valence-corrected chi connectivity index (χ4v) is 3.11. The van der Waals surface area contributed by atoms with Gasteiger partial charge in [0, 0.05) is 17.4 Å². The van der Waals surface area contributed by atoms with E-state index in [4.69, 9.17) is 5.84 Å². The first kappa shape index (κ1) is 16.7. The van der Waals surface area contributed by atoms with Crippen molar-refractivity contribution in [1.82, 2.24) is 15.2 Å². The van der Waals surface area contributed by atoms with Crippen molar-refractivity contribution >= 4 is 31.9 Å². The summed E-state index contributed by atoms with van der Waals surface area (Å²) in [7, 11) is 0. The molecule has 4 nitrogen and oxygen atoms in total. The zero-order valence-electron chi connectivity index (χ0n) is 12.5. The van der Waals surface area contributed by atoms with Crippen molar-refractivity contribution in [2.24, 2.45) is 5.84 Å². The Morgan fingerprint density at radius 2 is 2.05 bits per heavy atom. The molecule has 6 heteroatoms. The molecule has 1 heterocycles. The van der Waals surface area contributed by atoms with Gasteiger partial charge in [0.1, 0.15) is 0 Å². The van der Waals surface area contributed by atoms with Crippen LogP contribution in [0.25, 0.3) is 0 Å². The van der Waals surface area contributed by atoms with E-state index >= 15 is 0 Å². The maximum atomic E-state index is 5.78. The molecule has 0 aliphatic heterocycles. The van der Waals surface area contributed by atoms with Gasteiger partial charge < -0.3 is 0 Å². The van der Waals surface area contributed by atoms with E-state index in [9.17, 15) is 0 Å². The van der Waals surface area contributed by atoms with E-state index in [0.717, 1.165) is 27.6 Å². The summed E-state index contributed by atoms with van der Waals surface area (Å²) in [5.74, 6) is 5.78. The number of nitrogens with two attached hydrogens (primary N) is 1. The van der Waals surface area contributed by atoms with Crippen LogP contribution in [0.4, 0.5) is 0 Å². The molecule has 0 radical (unpaired) electrons. The highest BCUT2D eigenvalue weighted by Crippen LogP contribution is 2.28. The Kier molecular flexibility index (Phi) is 5.60. The first-order valence-corrected chi connectivity index (χ1v) is 8.50. The molecule has 21 heavy (non-hydrogen) atoms. The lowest BCUT2D eigenvalue weighted by molar-refractivity contribution is 0.515. The fraction of sp³-hybridized carbons (Fsp3) is 0.400. The molecule has 2 rings (SSSR count). The molecule has 0 spiro atoms. The standard InChI is InChI=1S/C15H20Br2N4/c1-4-21-14(15(17)10(3)20-21)8-13(19-18)11-5-6-12(16)9(2)7-11/h5-7,13,19H,4,8,18H2,1-3H3. The highest BCUT2D eigenvalue weighted by atomic mass is 79.9.